The number of para-hydroxylation sites is 2. The number of hydrogen-bond acceptors (Lipinski definition) is 1. The first-order valence-electron chi connectivity index (χ1n) is 9.01. The Kier molecular flexibility index (Phi) is 3.57. The van der Waals surface area contributed by atoms with E-state index in [4.69, 9.17) is 0 Å². The normalized spacial score (nSPS) is 15.2. The minimum atomic E-state index is 0.157. The molecule has 26 heavy (non-hydrogen) atoms. The van der Waals surface area contributed by atoms with Gasteiger partial charge in [0.2, 0.25) is 0 Å². The Morgan fingerprint density at radius 1 is 0.500 bits per heavy atom. The Bertz CT molecular complexity index is 951. The van der Waals surface area contributed by atoms with Crippen LogP contribution in [-0.2, 0) is 0 Å². The molecule has 4 aromatic carbocycles. The lowest BCUT2D eigenvalue weighted by molar-refractivity contribution is 0.811. The second-order valence-electron chi connectivity index (χ2n) is 6.62. The van der Waals surface area contributed by atoms with Crippen molar-refractivity contribution in [2.24, 2.45) is 0 Å². The van der Waals surface area contributed by atoms with E-state index in [1.807, 2.05) is 0 Å². The van der Waals surface area contributed by atoms with Gasteiger partial charge in [0, 0.05) is 16.9 Å². The Labute approximate surface area is 154 Å². The fourth-order valence-electron chi connectivity index (χ4n) is 4.01. The van der Waals surface area contributed by atoms with Gasteiger partial charge in [0.1, 0.15) is 0 Å². The number of rotatable bonds is 2. The van der Waals surface area contributed by atoms with E-state index in [9.17, 15) is 0 Å². The predicted molar refractivity (Wildman–Crippen MR) is 109 cm³/mol. The number of nitrogens with zero attached hydrogens (tertiary/aromatic N) is 1. The predicted octanol–water partition coefficient (Wildman–Crippen LogP) is 6.59. The van der Waals surface area contributed by atoms with Crippen LogP contribution in [0.5, 0.6) is 0 Å². The third-order valence-corrected chi connectivity index (χ3v) is 5.12. The van der Waals surface area contributed by atoms with E-state index in [0.717, 1.165) is 0 Å². The van der Waals surface area contributed by atoms with Crippen LogP contribution in [0.1, 0.15) is 17.2 Å². The molecule has 0 saturated carbocycles. The molecule has 0 aliphatic carbocycles. The number of fused-ring (bicyclic) bond motifs is 3. The monoisotopic (exact) mass is 333 g/mol. The Balaban J connectivity index is 1.83. The summed E-state index contributed by atoms with van der Waals surface area (Å²) in [6.45, 7) is 0. The fourth-order valence-corrected chi connectivity index (χ4v) is 4.01. The molecule has 1 nitrogen and oxygen atoms in total. The molecule has 1 aliphatic rings. The smallest absolute Gasteiger partial charge is 0.0851 e. The lowest BCUT2D eigenvalue weighted by Crippen LogP contribution is -2.28. The molecule has 0 saturated heterocycles. The first kappa shape index (κ1) is 15.0. The van der Waals surface area contributed by atoms with Crippen molar-refractivity contribution in [2.75, 3.05) is 4.90 Å². The standard InChI is InChI=1S/C25H19N/c1-3-11-19(12-4-1)25-23-17-8-7-15-21(23)22-16-9-10-18-24(22)26(25)20-13-5-2-6-14-20/h1-18,25H. The molecule has 0 radical (unpaired) electrons. The van der Waals surface area contributed by atoms with Gasteiger partial charge >= 0.3 is 0 Å². The Hall–Kier alpha value is -3.32. The SMILES string of the molecule is c1ccc(C2c3ccccc3-c3ccccc3N2c2ccccc2)cc1. The molecular weight excluding hydrogens is 314 g/mol. The molecule has 1 aliphatic heterocycles. The van der Waals surface area contributed by atoms with Crippen molar-refractivity contribution < 1.29 is 0 Å². The van der Waals surface area contributed by atoms with E-state index in [0.29, 0.717) is 0 Å². The maximum atomic E-state index is 2.47. The topological polar surface area (TPSA) is 3.24 Å². The molecule has 0 aromatic heterocycles. The van der Waals surface area contributed by atoms with E-state index in [2.05, 4.69) is 114 Å². The van der Waals surface area contributed by atoms with Crippen LogP contribution in [0.2, 0.25) is 0 Å². The van der Waals surface area contributed by atoms with Gasteiger partial charge in [0.25, 0.3) is 0 Å². The van der Waals surface area contributed by atoms with Crippen molar-refractivity contribution >= 4 is 11.4 Å². The van der Waals surface area contributed by atoms with Crippen molar-refractivity contribution in [3.63, 3.8) is 0 Å². The van der Waals surface area contributed by atoms with Crippen molar-refractivity contribution in [1.82, 2.24) is 0 Å². The molecule has 1 heteroatoms. The highest BCUT2D eigenvalue weighted by Gasteiger charge is 2.32. The Morgan fingerprint density at radius 2 is 1.08 bits per heavy atom. The molecular formula is C25H19N. The third-order valence-electron chi connectivity index (χ3n) is 5.12. The summed E-state index contributed by atoms with van der Waals surface area (Å²) < 4.78 is 0. The van der Waals surface area contributed by atoms with Gasteiger partial charge in [-0.1, -0.05) is 91.0 Å². The van der Waals surface area contributed by atoms with Gasteiger partial charge in [-0.3, -0.25) is 0 Å². The second kappa shape index (κ2) is 6.20. The Morgan fingerprint density at radius 3 is 1.85 bits per heavy atom. The van der Waals surface area contributed by atoms with Crippen LogP contribution >= 0.6 is 0 Å². The zero-order valence-electron chi connectivity index (χ0n) is 14.4. The lowest BCUT2D eigenvalue weighted by Gasteiger charge is -2.40. The highest BCUT2D eigenvalue weighted by atomic mass is 15.2. The minimum Gasteiger partial charge on any atom is -0.329 e. The van der Waals surface area contributed by atoms with E-state index >= 15 is 0 Å². The first-order chi connectivity index (χ1) is 12.9. The van der Waals surface area contributed by atoms with Gasteiger partial charge in [0.05, 0.1) is 6.04 Å². The van der Waals surface area contributed by atoms with Crippen LogP contribution in [-0.4, -0.2) is 0 Å². The largest absolute Gasteiger partial charge is 0.329 e. The summed E-state index contributed by atoms with van der Waals surface area (Å²) in [6, 6.07) is 39.1. The first-order valence-corrected chi connectivity index (χ1v) is 9.01. The quantitative estimate of drug-likeness (QED) is 0.400. The summed E-state index contributed by atoms with van der Waals surface area (Å²) in [5, 5.41) is 0. The van der Waals surface area contributed by atoms with Crippen LogP contribution in [0.3, 0.4) is 0 Å². The zero-order chi connectivity index (χ0) is 17.3. The summed E-state index contributed by atoms with van der Waals surface area (Å²) in [7, 11) is 0. The maximum Gasteiger partial charge on any atom is 0.0851 e. The molecule has 0 bridgehead atoms. The molecule has 1 atom stereocenters. The van der Waals surface area contributed by atoms with Crippen molar-refractivity contribution in [3.05, 3.63) is 120 Å². The molecule has 0 spiro atoms. The van der Waals surface area contributed by atoms with Crippen molar-refractivity contribution in [2.45, 2.75) is 6.04 Å². The van der Waals surface area contributed by atoms with Gasteiger partial charge < -0.3 is 4.90 Å². The summed E-state index contributed by atoms with van der Waals surface area (Å²) in [5.41, 5.74) is 7.73. The van der Waals surface area contributed by atoms with Crippen molar-refractivity contribution in [1.29, 1.82) is 0 Å². The van der Waals surface area contributed by atoms with E-state index in [1.165, 1.54) is 33.6 Å². The van der Waals surface area contributed by atoms with Gasteiger partial charge in [0.15, 0.2) is 0 Å². The molecule has 5 rings (SSSR count). The van der Waals surface area contributed by atoms with Gasteiger partial charge in [-0.25, -0.2) is 0 Å². The zero-order valence-corrected chi connectivity index (χ0v) is 14.4. The average molecular weight is 333 g/mol. The van der Waals surface area contributed by atoms with Crippen molar-refractivity contribution in [3.8, 4) is 11.1 Å². The van der Waals surface area contributed by atoms with Gasteiger partial charge in [-0.2, -0.15) is 0 Å². The fraction of sp³-hybridized carbons (Fsp3) is 0.0400. The molecule has 0 fully saturated rings. The highest BCUT2D eigenvalue weighted by Crippen LogP contribution is 2.50. The highest BCUT2D eigenvalue weighted by molar-refractivity contribution is 5.89. The number of hydrogen-bond donors (Lipinski definition) is 0. The van der Waals surface area contributed by atoms with Crippen LogP contribution in [0, 0.1) is 0 Å². The molecule has 0 amide bonds. The van der Waals surface area contributed by atoms with E-state index < -0.39 is 0 Å². The summed E-state index contributed by atoms with van der Waals surface area (Å²) in [6.07, 6.45) is 0. The summed E-state index contributed by atoms with van der Waals surface area (Å²) in [5.74, 6) is 0. The lowest BCUT2D eigenvalue weighted by atomic mass is 9.84. The number of anilines is 2. The van der Waals surface area contributed by atoms with Crippen LogP contribution < -0.4 is 4.90 Å². The van der Waals surface area contributed by atoms with Crippen LogP contribution in [0.15, 0.2) is 109 Å². The van der Waals surface area contributed by atoms with Crippen LogP contribution in [0.4, 0.5) is 11.4 Å². The van der Waals surface area contributed by atoms with Gasteiger partial charge in [-0.05, 0) is 34.9 Å². The maximum absolute atomic E-state index is 2.47. The third kappa shape index (κ3) is 2.33. The summed E-state index contributed by atoms with van der Waals surface area (Å²) >= 11 is 0. The van der Waals surface area contributed by atoms with Gasteiger partial charge in [-0.15, -0.1) is 0 Å². The van der Waals surface area contributed by atoms with E-state index in [-0.39, 0.29) is 6.04 Å². The molecule has 4 aromatic rings. The van der Waals surface area contributed by atoms with Crippen LogP contribution in [0.25, 0.3) is 11.1 Å². The second-order valence-corrected chi connectivity index (χ2v) is 6.62. The molecule has 124 valence electrons. The number of benzene rings is 4. The van der Waals surface area contributed by atoms with E-state index in [1.54, 1.807) is 0 Å². The average Bonchev–Trinajstić information content (AvgIpc) is 2.74. The summed E-state index contributed by atoms with van der Waals surface area (Å²) in [4.78, 5) is 2.47. The molecule has 1 heterocycles. The molecule has 1 unspecified atom stereocenters. The minimum absolute atomic E-state index is 0.157. The molecule has 0 N–H and O–H groups in total.